The zero-order valence-electron chi connectivity index (χ0n) is 15.4. The number of nitrogens with zero attached hydrogens (tertiary/aromatic N) is 2. The van der Waals surface area contributed by atoms with Crippen LogP contribution in [0, 0.1) is 5.39 Å². The maximum atomic E-state index is 10.7. The van der Waals surface area contributed by atoms with Gasteiger partial charge in [-0.1, -0.05) is 18.2 Å². The zero-order valence-corrected chi connectivity index (χ0v) is 16.2. The molecule has 0 radical (unpaired) electrons. The molecule has 0 aromatic heterocycles. The van der Waals surface area contributed by atoms with Gasteiger partial charge in [-0.15, -0.1) is 0 Å². The molecule has 0 heterocycles. The van der Waals surface area contributed by atoms with Gasteiger partial charge in [-0.2, -0.15) is 13.2 Å². The minimum absolute atomic E-state index is 0.346. The van der Waals surface area contributed by atoms with Crippen LogP contribution in [0.15, 0.2) is 42.5 Å². The van der Waals surface area contributed by atoms with Crippen molar-refractivity contribution in [2.75, 3.05) is 18.5 Å². The number of halogens is 3. The number of para-hydroxylation sites is 1. The van der Waals surface area contributed by atoms with E-state index in [0.29, 0.717) is 30.4 Å². The van der Waals surface area contributed by atoms with E-state index in [1.165, 1.54) is 0 Å². The van der Waals surface area contributed by atoms with Gasteiger partial charge in [0, 0.05) is 11.8 Å². The number of ether oxygens (including phenoxy) is 2. The summed E-state index contributed by atoms with van der Waals surface area (Å²) >= 11 is 0. The summed E-state index contributed by atoms with van der Waals surface area (Å²) in [6.45, 7) is 4.78. The van der Waals surface area contributed by atoms with Gasteiger partial charge < -0.3 is 19.3 Å². The second-order valence-electron chi connectivity index (χ2n) is 5.17. The van der Waals surface area contributed by atoms with Crippen molar-refractivity contribution in [3.8, 4) is 11.5 Å². The molecule has 2 aromatic rings. The van der Waals surface area contributed by atoms with Crippen LogP contribution in [0.4, 0.5) is 30.2 Å². The summed E-state index contributed by atoms with van der Waals surface area (Å²) in [7, 11) is -6.09. The first-order valence-corrected chi connectivity index (χ1v) is 9.57. The highest BCUT2D eigenvalue weighted by molar-refractivity contribution is 7.86. The van der Waals surface area contributed by atoms with E-state index >= 15 is 0 Å². The Hall–Kier alpha value is -3.04. The van der Waals surface area contributed by atoms with E-state index in [1.54, 1.807) is 12.1 Å². The van der Waals surface area contributed by atoms with Crippen LogP contribution < -0.4 is 14.8 Å². The molecule has 2 aromatic carbocycles. The Bertz CT molecular complexity index is 945. The first-order chi connectivity index (χ1) is 13.5. The molecular formula is C17H18F3N3O5S. The van der Waals surface area contributed by atoms with Gasteiger partial charge >= 0.3 is 11.2 Å². The lowest BCUT2D eigenvalue weighted by Crippen LogP contribution is -2.21. The van der Waals surface area contributed by atoms with E-state index in [2.05, 4.69) is 10.3 Å². The molecule has 0 aliphatic carbocycles. The number of benzene rings is 2. The van der Waals surface area contributed by atoms with Crippen LogP contribution >= 0.6 is 0 Å². The van der Waals surface area contributed by atoms with Gasteiger partial charge in [0.2, 0.25) is 11.1 Å². The van der Waals surface area contributed by atoms with Crippen molar-refractivity contribution in [2.24, 2.45) is 0 Å². The van der Waals surface area contributed by atoms with E-state index in [9.17, 15) is 13.2 Å². The predicted molar refractivity (Wildman–Crippen MR) is 99.0 cm³/mol. The average Bonchev–Trinajstić information content (AvgIpc) is 2.64. The van der Waals surface area contributed by atoms with Crippen molar-refractivity contribution in [2.45, 2.75) is 19.4 Å². The molecule has 12 heteroatoms. The molecule has 2 rings (SSSR count). The number of nitrogens with one attached hydrogen (secondary N) is 1. The third kappa shape index (κ3) is 7.47. The van der Waals surface area contributed by atoms with Crippen LogP contribution in [0.2, 0.25) is 0 Å². The second-order valence-corrected chi connectivity index (χ2v) is 6.54. The number of anilines is 2. The summed E-state index contributed by atoms with van der Waals surface area (Å²) in [5.41, 5.74) is -3.60. The molecule has 0 saturated carbocycles. The summed E-state index contributed by atoms with van der Waals surface area (Å²) in [5, 5.41) is 12.4. The molecule has 0 amide bonds. The molecule has 29 heavy (non-hydrogen) atoms. The number of rotatable bonds is 6. The smallest absolute Gasteiger partial charge is 0.485 e. The Balaban J connectivity index is 0.000000447. The highest BCUT2D eigenvalue weighted by Gasteiger charge is 2.36. The minimum Gasteiger partial charge on any atom is -0.741 e. The highest BCUT2D eigenvalue weighted by atomic mass is 32.2. The summed E-state index contributed by atoms with van der Waals surface area (Å²) in [5.74, 6) is 1.11. The molecule has 158 valence electrons. The van der Waals surface area contributed by atoms with Crippen molar-refractivity contribution in [3.63, 3.8) is 0 Å². The molecule has 0 bridgehead atoms. The van der Waals surface area contributed by atoms with Crippen molar-refractivity contribution in [1.29, 1.82) is 5.39 Å². The third-order valence-corrected chi connectivity index (χ3v) is 3.67. The molecule has 0 unspecified atom stereocenters. The van der Waals surface area contributed by atoms with Crippen LogP contribution in [0.3, 0.4) is 0 Å². The van der Waals surface area contributed by atoms with Gasteiger partial charge in [-0.05, 0) is 26.0 Å². The predicted octanol–water partition coefficient (Wildman–Crippen LogP) is 4.76. The van der Waals surface area contributed by atoms with Gasteiger partial charge in [0.1, 0.15) is 0 Å². The summed E-state index contributed by atoms with van der Waals surface area (Å²) in [6, 6.07) is 13.2. The lowest BCUT2D eigenvalue weighted by Gasteiger charge is -2.13. The van der Waals surface area contributed by atoms with E-state index in [-0.39, 0.29) is 0 Å². The van der Waals surface area contributed by atoms with Crippen LogP contribution in [0.1, 0.15) is 13.8 Å². The number of alkyl halides is 3. The van der Waals surface area contributed by atoms with Gasteiger partial charge in [0.15, 0.2) is 20.8 Å². The lowest BCUT2D eigenvalue weighted by atomic mass is 10.2. The standard InChI is InChI=1S/C16H18N3O2.CHF3O3S/c1-3-20-15-11-14(19-17)16(21-4-2)10-13(15)18-12-8-6-5-7-9-12;2-1(3,4)8(5,6)7/h5-11,18H,3-4H2,1-2H3;(H,5,6,7)/q+1;/p-1. The van der Waals surface area contributed by atoms with Gasteiger partial charge in [0.25, 0.3) is 0 Å². The Kier molecular flexibility index (Phi) is 8.68. The fraction of sp³-hybridized carbons (Fsp3) is 0.294. The van der Waals surface area contributed by atoms with E-state index in [0.717, 1.165) is 11.4 Å². The molecule has 1 N–H and O–H groups in total. The first-order valence-electron chi connectivity index (χ1n) is 8.16. The third-order valence-electron chi connectivity index (χ3n) is 3.10. The van der Waals surface area contributed by atoms with Crippen LogP contribution in [0.5, 0.6) is 11.5 Å². The first kappa shape index (κ1) is 24.0. The van der Waals surface area contributed by atoms with E-state index in [1.807, 2.05) is 44.2 Å². The largest absolute Gasteiger partial charge is 0.741 e. The monoisotopic (exact) mass is 433 g/mol. The quantitative estimate of drug-likeness (QED) is 0.396. The Morgan fingerprint density at radius 1 is 1.07 bits per heavy atom. The zero-order chi connectivity index (χ0) is 22.1. The lowest BCUT2D eigenvalue weighted by molar-refractivity contribution is -0.0517. The summed E-state index contributed by atoms with van der Waals surface area (Å²) < 4.78 is 70.0. The normalized spacial score (nSPS) is 10.9. The van der Waals surface area contributed by atoms with Gasteiger partial charge in [-0.3, -0.25) is 0 Å². The number of hydrogen-bond acceptors (Lipinski definition) is 7. The molecule has 0 atom stereocenters. The summed E-state index contributed by atoms with van der Waals surface area (Å²) in [6.07, 6.45) is 0. The van der Waals surface area contributed by atoms with Crippen molar-refractivity contribution in [1.82, 2.24) is 0 Å². The topological polar surface area (TPSA) is 116 Å². The maximum Gasteiger partial charge on any atom is 0.485 e. The van der Waals surface area contributed by atoms with E-state index < -0.39 is 15.6 Å². The molecule has 0 fully saturated rings. The molecule has 0 spiro atoms. The molecule has 0 saturated heterocycles. The van der Waals surface area contributed by atoms with Gasteiger partial charge in [0.05, 0.1) is 25.0 Å². The fourth-order valence-corrected chi connectivity index (χ4v) is 1.95. The van der Waals surface area contributed by atoms with E-state index in [4.69, 9.17) is 27.8 Å². The van der Waals surface area contributed by atoms with Crippen molar-refractivity contribution < 1.29 is 35.6 Å². The Labute approximate surface area is 165 Å². The molecular weight excluding hydrogens is 415 g/mol. The molecule has 8 nitrogen and oxygen atoms in total. The SMILES string of the molecule is CCOc1cc(Nc2ccccc2)c(OCC)cc1[N+]#N.O=S(=O)([O-])C(F)(F)F. The van der Waals surface area contributed by atoms with Crippen LogP contribution in [0.25, 0.3) is 4.98 Å². The number of diazo groups is 1. The minimum atomic E-state index is -6.09. The Morgan fingerprint density at radius 2 is 1.59 bits per heavy atom. The summed E-state index contributed by atoms with van der Waals surface area (Å²) in [4.78, 5) is 3.25. The maximum absolute atomic E-state index is 10.7. The fourth-order valence-electron chi connectivity index (χ4n) is 1.95. The van der Waals surface area contributed by atoms with Crippen molar-refractivity contribution in [3.05, 3.63) is 47.4 Å². The second kappa shape index (κ2) is 10.5. The average molecular weight is 433 g/mol. The van der Waals surface area contributed by atoms with Crippen LogP contribution in [-0.2, 0) is 10.1 Å². The van der Waals surface area contributed by atoms with Crippen LogP contribution in [-0.4, -0.2) is 31.7 Å². The Morgan fingerprint density at radius 3 is 2.03 bits per heavy atom. The van der Waals surface area contributed by atoms with Crippen molar-refractivity contribution >= 4 is 27.2 Å². The molecule has 0 aliphatic heterocycles. The van der Waals surface area contributed by atoms with Gasteiger partial charge in [-0.25, -0.2) is 8.42 Å². The number of hydrogen-bond donors (Lipinski definition) is 1. The molecule has 0 aliphatic rings. The highest BCUT2D eigenvalue weighted by Crippen LogP contribution is 2.39.